The Morgan fingerprint density at radius 1 is 0.829 bits per heavy atom. The Bertz CT molecular complexity index is 1040. The lowest BCUT2D eigenvalue weighted by atomic mass is 10.1. The predicted molar refractivity (Wildman–Crippen MR) is 158 cm³/mol. The van der Waals surface area contributed by atoms with Crippen molar-refractivity contribution in [2.75, 3.05) is 6.54 Å². The molecule has 0 saturated heterocycles. The lowest BCUT2D eigenvalue weighted by molar-refractivity contribution is 0.959. The molecule has 0 aliphatic heterocycles. The molecule has 2 rings (SSSR count). The van der Waals surface area contributed by atoms with Crippen LogP contribution in [0.2, 0.25) is 10.0 Å². The molecule has 0 fully saturated rings. The summed E-state index contributed by atoms with van der Waals surface area (Å²) in [6.45, 7) is 8.89. The SMILES string of the molecule is CCc1ccc(Cl)cc1.C\C=C/C=C(/C=C\C=C(C)\C=C/C)CC(N)=NCCc1ccc(Cl)cc1. The van der Waals surface area contributed by atoms with Crippen LogP contribution in [0, 0.1) is 0 Å². The van der Waals surface area contributed by atoms with Crippen LogP contribution in [0.15, 0.2) is 113 Å². The summed E-state index contributed by atoms with van der Waals surface area (Å²) in [5.41, 5.74) is 11.0. The molecule has 0 spiro atoms. The zero-order valence-corrected chi connectivity index (χ0v) is 22.9. The summed E-state index contributed by atoms with van der Waals surface area (Å²) >= 11 is 11.6. The van der Waals surface area contributed by atoms with Gasteiger partial charge in [0.05, 0.1) is 5.84 Å². The number of aliphatic imine (C=N–C) groups is 1. The first-order valence-corrected chi connectivity index (χ1v) is 12.7. The van der Waals surface area contributed by atoms with Crippen LogP contribution in [0.1, 0.15) is 45.2 Å². The predicted octanol–water partition coefficient (Wildman–Crippen LogP) is 9.11. The van der Waals surface area contributed by atoms with Gasteiger partial charge >= 0.3 is 0 Å². The van der Waals surface area contributed by atoms with Gasteiger partial charge in [-0.2, -0.15) is 0 Å². The van der Waals surface area contributed by atoms with Gasteiger partial charge in [-0.1, -0.05) is 109 Å². The summed E-state index contributed by atoms with van der Waals surface area (Å²) in [5, 5.41) is 1.56. The molecule has 0 heterocycles. The molecule has 0 amide bonds. The van der Waals surface area contributed by atoms with Crippen LogP contribution in [0.4, 0.5) is 0 Å². The van der Waals surface area contributed by atoms with Gasteiger partial charge in [0.25, 0.3) is 0 Å². The van der Waals surface area contributed by atoms with Gasteiger partial charge in [0.15, 0.2) is 0 Å². The number of allylic oxidation sites excluding steroid dienone is 9. The third kappa shape index (κ3) is 14.9. The van der Waals surface area contributed by atoms with Gasteiger partial charge in [-0.3, -0.25) is 4.99 Å². The Morgan fingerprint density at radius 2 is 1.43 bits per heavy atom. The Morgan fingerprint density at radius 3 is 1.97 bits per heavy atom. The molecule has 0 unspecified atom stereocenters. The highest BCUT2D eigenvalue weighted by Crippen LogP contribution is 2.11. The van der Waals surface area contributed by atoms with E-state index < -0.39 is 0 Å². The minimum atomic E-state index is 0.637. The Labute approximate surface area is 222 Å². The van der Waals surface area contributed by atoms with E-state index in [-0.39, 0.29) is 0 Å². The van der Waals surface area contributed by atoms with Crippen LogP contribution in [0.5, 0.6) is 0 Å². The number of nitrogens with zero attached hydrogens (tertiary/aromatic N) is 1. The number of aryl methyl sites for hydroxylation is 1. The van der Waals surface area contributed by atoms with E-state index in [2.05, 4.69) is 43.1 Å². The Balaban J connectivity index is 0.000000566. The molecular formula is C31H38Cl2N2. The maximum absolute atomic E-state index is 6.12. The summed E-state index contributed by atoms with van der Waals surface area (Å²) in [6, 6.07) is 15.8. The van der Waals surface area contributed by atoms with Gasteiger partial charge in [0, 0.05) is 23.0 Å². The maximum atomic E-state index is 6.12. The third-order valence-electron chi connectivity index (χ3n) is 4.94. The quantitative estimate of drug-likeness (QED) is 0.194. The lowest BCUT2D eigenvalue weighted by Crippen LogP contribution is -2.13. The second-order valence-corrected chi connectivity index (χ2v) is 8.82. The third-order valence-corrected chi connectivity index (χ3v) is 5.44. The first-order chi connectivity index (χ1) is 16.9. The van der Waals surface area contributed by atoms with Crippen LogP contribution in [0.25, 0.3) is 0 Å². The second-order valence-electron chi connectivity index (χ2n) is 7.94. The van der Waals surface area contributed by atoms with Crippen molar-refractivity contribution in [1.82, 2.24) is 0 Å². The zero-order valence-electron chi connectivity index (χ0n) is 21.3. The standard InChI is InChI=1S/C23H29ClN2.C8H9Cl/c1-4-6-10-21(11-7-9-19(3)8-5-2)18-23(25)26-17-16-20-12-14-22(24)15-13-20;1-2-7-3-5-8(9)6-4-7/h4-15H,16-18H2,1-3H3,(H2,25,26);3-6H,2H2,1H3/b6-4-,8-5-,11-7-,19-9+,21-10-;. The normalized spacial score (nSPS) is 13.0. The molecule has 0 aliphatic rings. The zero-order chi connectivity index (χ0) is 25.9. The number of benzene rings is 2. The summed E-state index contributed by atoms with van der Waals surface area (Å²) in [4.78, 5) is 4.50. The summed E-state index contributed by atoms with van der Waals surface area (Å²) in [5.74, 6) is 0.647. The topological polar surface area (TPSA) is 38.4 Å². The molecule has 0 aromatic heterocycles. The highest BCUT2D eigenvalue weighted by atomic mass is 35.5. The number of hydrogen-bond acceptors (Lipinski definition) is 1. The molecule has 35 heavy (non-hydrogen) atoms. The molecule has 186 valence electrons. The Kier molecular flexibility index (Phi) is 16.0. The molecular weight excluding hydrogens is 471 g/mol. The van der Waals surface area contributed by atoms with Crippen molar-refractivity contribution in [3.63, 3.8) is 0 Å². The number of halogens is 2. The highest BCUT2D eigenvalue weighted by Gasteiger charge is 1.98. The van der Waals surface area contributed by atoms with E-state index in [9.17, 15) is 0 Å². The van der Waals surface area contributed by atoms with E-state index in [4.69, 9.17) is 28.9 Å². The maximum Gasteiger partial charge on any atom is 0.0981 e. The highest BCUT2D eigenvalue weighted by molar-refractivity contribution is 6.30. The number of amidine groups is 1. The first kappa shape index (κ1) is 30.2. The van der Waals surface area contributed by atoms with Crippen LogP contribution in [0.3, 0.4) is 0 Å². The number of nitrogens with two attached hydrogens (primary N) is 1. The minimum absolute atomic E-state index is 0.637. The summed E-state index contributed by atoms with van der Waals surface area (Å²) in [6.07, 6.45) is 19.0. The number of hydrogen-bond donors (Lipinski definition) is 1. The van der Waals surface area contributed by atoms with E-state index in [1.165, 1.54) is 16.7 Å². The van der Waals surface area contributed by atoms with Crippen molar-refractivity contribution in [3.8, 4) is 0 Å². The second kappa shape index (κ2) is 18.5. The first-order valence-electron chi connectivity index (χ1n) is 11.9. The van der Waals surface area contributed by atoms with Gasteiger partial charge in [0.1, 0.15) is 0 Å². The van der Waals surface area contributed by atoms with E-state index in [1.54, 1.807) is 0 Å². The Hall–Kier alpha value is -2.81. The van der Waals surface area contributed by atoms with Crippen molar-refractivity contribution in [2.45, 2.75) is 47.0 Å². The van der Waals surface area contributed by atoms with Crippen LogP contribution in [-0.4, -0.2) is 12.4 Å². The van der Waals surface area contributed by atoms with Crippen molar-refractivity contribution in [1.29, 1.82) is 0 Å². The summed E-state index contributed by atoms with van der Waals surface area (Å²) < 4.78 is 0. The average Bonchev–Trinajstić information content (AvgIpc) is 2.84. The molecule has 0 bridgehead atoms. The molecule has 0 atom stereocenters. The molecule has 2 aromatic rings. The van der Waals surface area contributed by atoms with E-state index >= 15 is 0 Å². The molecule has 2 aromatic carbocycles. The van der Waals surface area contributed by atoms with E-state index in [0.717, 1.165) is 28.5 Å². The average molecular weight is 510 g/mol. The molecule has 4 heteroatoms. The minimum Gasteiger partial charge on any atom is -0.387 e. The fraction of sp³-hybridized carbons (Fsp3) is 0.258. The van der Waals surface area contributed by atoms with Gasteiger partial charge in [-0.25, -0.2) is 0 Å². The van der Waals surface area contributed by atoms with Gasteiger partial charge < -0.3 is 5.73 Å². The van der Waals surface area contributed by atoms with Crippen molar-refractivity contribution in [2.24, 2.45) is 10.7 Å². The van der Waals surface area contributed by atoms with Crippen molar-refractivity contribution < 1.29 is 0 Å². The smallest absolute Gasteiger partial charge is 0.0981 e. The fourth-order valence-corrected chi connectivity index (χ4v) is 3.25. The van der Waals surface area contributed by atoms with Gasteiger partial charge in [-0.15, -0.1) is 0 Å². The monoisotopic (exact) mass is 508 g/mol. The van der Waals surface area contributed by atoms with Crippen LogP contribution < -0.4 is 5.73 Å². The van der Waals surface area contributed by atoms with E-state index in [0.29, 0.717) is 18.8 Å². The number of rotatable bonds is 10. The largest absolute Gasteiger partial charge is 0.387 e. The van der Waals surface area contributed by atoms with Gasteiger partial charge in [-0.05, 0) is 74.6 Å². The van der Waals surface area contributed by atoms with E-state index in [1.807, 2.05) is 86.7 Å². The molecule has 2 nitrogen and oxygen atoms in total. The van der Waals surface area contributed by atoms with Crippen LogP contribution in [-0.2, 0) is 12.8 Å². The molecule has 0 saturated carbocycles. The lowest BCUT2D eigenvalue weighted by Gasteiger charge is -2.03. The fourth-order valence-electron chi connectivity index (χ4n) is 3.00. The van der Waals surface area contributed by atoms with Crippen molar-refractivity contribution in [3.05, 3.63) is 129 Å². The molecule has 0 radical (unpaired) electrons. The molecule has 0 aliphatic carbocycles. The van der Waals surface area contributed by atoms with Gasteiger partial charge in [0.2, 0.25) is 0 Å². The van der Waals surface area contributed by atoms with Crippen molar-refractivity contribution >= 4 is 29.0 Å². The molecule has 2 N–H and O–H groups in total. The summed E-state index contributed by atoms with van der Waals surface area (Å²) in [7, 11) is 0. The van der Waals surface area contributed by atoms with Crippen LogP contribution >= 0.6 is 23.2 Å².